The number of aromatic amines is 1. The van der Waals surface area contributed by atoms with Gasteiger partial charge in [-0.25, -0.2) is 9.67 Å². The van der Waals surface area contributed by atoms with E-state index in [1.165, 1.54) is 0 Å². The van der Waals surface area contributed by atoms with Gasteiger partial charge in [0.1, 0.15) is 11.9 Å². The molecular formula is C12H20N8O. The van der Waals surface area contributed by atoms with Gasteiger partial charge in [0.25, 0.3) is 0 Å². The van der Waals surface area contributed by atoms with Gasteiger partial charge in [0.05, 0.1) is 13.2 Å². The highest BCUT2D eigenvalue weighted by Gasteiger charge is 2.26. The monoisotopic (exact) mass is 292 g/mol. The Hall–Kier alpha value is -1.87. The highest BCUT2D eigenvalue weighted by atomic mass is 16.5. The van der Waals surface area contributed by atoms with Crippen molar-refractivity contribution >= 4 is 0 Å². The summed E-state index contributed by atoms with van der Waals surface area (Å²) in [6, 6.07) is 0. The van der Waals surface area contributed by atoms with Crippen molar-refractivity contribution < 1.29 is 4.74 Å². The standard InChI is InChI=1S/C12H20N8O/c1-3-4-20-11(15-17-18-20)8-19-5-6-21-10(7-19)12-13-9(2)14-16-12/h10H,3-8H2,1-2H3,(H,13,14,16)/t10-/m0/s1. The van der Waals surface area contributed by atoms with E-state index in [9.17, 15) is 0 Å². The van der Waals surface area contributed by atoms with E-state index in [2.05, 4.69) is 42.5 Å². The number of morpholine rings is 1. The predicted octanol–water partition coefficient (Wildman–Crippen LogP) is 0.0831. The third-order valence-electron chi connectivity index (χ3n) is 3.46. The van der Waals surface area contributed by atoms with E-state index < -0.39 is 0 Å². The smallest absolute Gasteiger partial charge is 0.180 e. The first-order chi connectivity index (χ1) is 10.3. The maximum absolute atomic E-state index is 5.76. The van der Waals surface area contributed by atoms with Gasteiger partial charge in [0, 0.05) is 19.6 Å². The SMILES string of the molecule is CCCn1nnnc1CN1CCO[C@H](c2n[nH]c(C)n2)C1. The van der Waals surface area contributed by atoms with Gasteiger partial charge < -0.3 is 4.74 Å². The molecule has 1 N–H and O–H groups in total. The number of nitrogens with zero attached hydrogens (tertiary/aromatic N) is 7. The number of rotatable bonds is 5. The number of H-pyrrole nitrogens is 1. The van der Waals surface area contributed by atoms with Crippen molar-refractivity contribution in [2.45, 2.75) is 39.5 Å². The molecule has 1 aliphatic rings. The van der Waals surface area contributed by atoms with Crippen LogP contribution in [0.2, 0.25) is 0 Å². The minimum atomic E-state index is -0.0980. The Morgan fingerprint density at radius 2 is 2.33 bits per heavy atom. The molecule has 21 heavy (non-hydrogen) atoms. The topological polar surface area (TPSA) is 97.6 Å². The van der Waals surface area contributed by atoms with E-state index in [0.717, 1.165) is 44.2 Å². The van der Waals surface area contributed by atoms with Crippen LogP contribution < -0.4 is 0 Å². The van der Waals surface area contributed by atoms with Crippen molar-refractivity contribution in [1.82, 2.24) is 40.3 Å². The normalized spacial score (nSPS) is 20.0. The van der Waals surface area contributed by atoms with Crippen LogP contribution in [0.1, 0.15) is 36.9 Å². The Bertz CT molecular complexity index is 579. The molecule has 114 valence electrons. The summed E-state index contributed by atoms with van der Waals surface area (Å²) in [4.78, 5) is 6.62. The first-order valence-electron chi connectivity index (χ1n) is 7.24. The van der Waals surface area contributed by atoms with Crippen LogP contribution in [-0.4, -0.2) is 60.0 Å². The van der Waals surface area contributed by atoms with Crippen molar-refractivity contribution in [3.8, 4) is 0 Å². The van der Waals surface area contributed by atoms with E-state index in [1.807, 2.05) is 11.6 Å². The predicted molar refractivity (Wildman–Crippen MR) is 73.2 cm³/mol. The van der Waals surface area contributed by atoms with Gasteiger partial charge in [0.2, 0.25) is 0 Å². The molecule has 0 saturated carbocycles. The van der Waals surface area contributed by atoms with Crippen molar-refractivity contribution in [1.29, 1.82) is 0 Å². The molecule has 0 aromatic carbocycles. The highest BCUT2D eigenvalue weighted by Crippen LogP contribution is 2.20. The molecule has 0 radical (unpaired) electrons. The van der Waals surface area contributed by atoms with E-state index in [-0.39, 0.29) is 6.10 Å². The van der Waals surface area contributed by atoms with Gasteiger partial charge in [-0.3, -0.25) is 10.00 Å². The fraction of sp³-hybridized carbons (Fsp3) is 0.750. The van der Waals surface area contributed by atoms with Crippen LogP contribution in [0.15, 0.2) is 0 Å². The fourth-order valence-electron chi connectivity index (χ4n) is 2.43. The molecule has 0 aliphatic carbocycles. The molecule has 1 saturated heterocycles. The zero-order chi connectivity index (χ0) is 14.7. The Balaban J connectivity index is 1.64. The number of aromatic nitrogens is 7. The van der Waals surface area contributed by atoms with Crippen molar-refractivity contribution in [2.75, 3.05) is 19.7 Å². The van der Waals surface area contributed by atoms with Crippen LogP contribution >= 0.6 is 0 Å². The number of nitrogens with one attached hydrogen (secondary N) is 1. The molecule has 9 nitrogen and oxygen atoms in total. The lowest BCUT2D eigenvalue weighted by Gasteiger charge is -2.30. The Labute approximate surface area is 122 Å². The largest absolute Gasteiger partial charge is 0.367 e. The van der Waals surface area contributed by atoms with E-state index in [4.69, 9.17) is 4.74 Å². The molecule has 0 bridgehead atoms. The second-order valence-electron chi connectivity index (χ2n) is 5.19. The van der Waals surface area contributed by atoms with E-state index in [0.29, 0.717) is 12.4 Å². The third kappa shape index (κ3) is 3.24. The molecule has 9 heteroatoms. The molecule has 3 rings (SSSR count). The van der Waals surface area contributed by atoms with Gasteiger partial charge in [-0.2, -0.15) is 5.10 Å². The Kier molecular flexibility index (Phi) is 4.20. The number of hydrogen-bond donors (Lipinski definition) is 1. The summed E-state index contributed by atoms with van der Waals surface area (Å²) in [6.45, 7) is 7.83. The van der Waals surface area contributed by atoms with Crippen molar-refractivity contribution in [3.63, 3.8) is 0 Å². The number of aryl methyl sites for hydroxylation is 2. The molecule has 0 spiro atoms. The third-order valence-corrected chi connectivity index (χ3v) is 3.46. The lowest BCUT2D eigenvalue weighted by Crippen LogP contribution is -2.38. The maximum atomic E-state index is 5.76. The maximum Gasteiger partial charge on any atom is 0.180 e. The van der Waals surface area contributed by atoms with Crippen LogP contribution in [0.4, 0.5) is 0 Å². The van der Waals surface area contributed by atoms with E-state index >= 15 is 0 Å². The summed E-state index contributed by atoms with van der Waals surface area (Å²) >= 11 is 0. The van der Waals surface area contributed by atoms with E-state index in [1.54, 1.807) is 0 Å². The van der Waals surface area contributed by atoms with Gasteiger partial charge >= 0.3 is 0 Å². The summed E-state index contributed by atoms with van der Waals surface area (Å²) < 4.78 is 7.62. The Morgan fingerprint density at radius 3 is 3.10 bits per heavy atom. The summed E-state index contributed by atoms with van der Waals surface area (Å²) in [7, 11) is 0. The van der Waals surface area contributed by atoms with Crippen LogP contribution in [-0.2, 0) is 17.8 Å². The minimum Gasteiger partial charge on any atom is -0.367 e. The lowest BCUT2D eigenvalue weighted by molar-refractivity contribution is -0.0381. The zero-order valence-electron chi connectivity index (χ0n) is 12.4. The number of ether oxygens (including phenoxy) is 1. The molecule has 2 aromatic heterocycles. The van der Waals surface area contributed by atoms with Crippen LogP contribution in [0, 0.1) is 6.92 Å². The van der Waals surface area contributed by atoms with Crippen molar-refractivity contribution in [3.05, 3.63) is 17.5 Å². The molecule has 1 fully saturated rings. The minimum absolute atomic E-state index is 0.0980. The molecule has 0 amide bonds. The quantitative estimate of drug-likeness (QED) is 0.833. The molecular weight excluding hydrogens is 272 g/mol. The van der Waals surface area contributed by atoms with Crippen LogP contribution in [0.5, 0.6) is 0 Å². The first-order valence-corrected chi connectivity index (χ1v) is 7.24. The average molecular weight is 292 g/mol. The van der Waals surface area contributed by atoms with Crippen LogP contribution in [0.3, 0.4) is 0 Å². The molecule has 1 aliphatic heterocycles. The second kappa shape index (κ2) is 6.27. The molecule has 0 unspecified atom stereocenters. The second-order valence-corrected chi connectivity index (χ2v) is 5.19. The zero-order valence-corrected chi connectivity index (χ0v) is 12.4. The summed E-state index contributed by atoms with van der Waals surface area (Å²) in [6.07, 6.45) is 0.916. The van der Waals surface area contributed by atoms with Crippen LogP contribution in [0.25, 0.3) is 0 Å². The summed E-state index contributed by atoms with van der Waals surface area (Å²) in [5.74, 6) is 2.41. The van der Waals surface area contributed by atoms with Gasteiger partial charge in [0.15, 0.2) is 11.6 Å². The summed E-state index contributed by atoms with van der Waals surface area (Å²) in [5.41, 5.74) is 0. The molecule has 3 heterocycles. The lowest BCUT2D eigenvalue weighted by atomic mass is 10.2. The average Bonchev–Trinajstić information content (AvgIpc) is 3.10. The van der Waals surface area contributed by atoms with Gasteiger partial charge in [-0.05, 0) is 23.8 Å². The fourth-order valence-corrected chi connectivity index (χ4v) is 2.43. The summed E-state index contributed by atoms with van der Waals surface area (Å²) in [5, 5.41) is 18.9. The first kappa shape index (κ1) is 14.1. The van der Waals surface area contributed by atoms with Crippen molar-refractivity contribution in [2.24, 2.45) is 0 Å². The number of tetrazole rings is 1. The Morgan fingerprint density at radius 1 is 1.43 bits per heavy atom. The number of hydrogen-bond acceptors (Lipinski definition) is 7. The van der Waals surface area contributed by atoms with Gasteiger partial charge in [-0.1, -0.05) is 6.92 Å². The molecule has 2 aromatic rings. The van der Waals surface area contributed by atoms with Gasteiger partial charge in [-0.15, -0.1) is 5.10 Å². The highest BCUT2D eigenvalue weighted by molar-refractivity contribution is 4.96. The molecule has 1 atom stereocenters.